The van der Waals surface area contributed by atoms with E-state index in [-0.39, 0.29) is 11.5 Å². The van der Waals surface area contributed by atoms with Crippen LogP contribution in [0.2, 0.25) is 5.02 Å². The third kappa shape index (κ3) is 2.22. The molecule has 1 aliphatic carbocycles. The maximum atomic E-state index is 9.88. The molecule has 0 unspecified atom stereocenters. The molecule has 4 aromatic carbocycles. The Bertz CT molecular complexity index is 1130. The Hall–Kier alpha value is -3.23. The number of hydrogen-bond acceptors (Lipinski definition) is 2. The number of hydrogen-bond donors (Lipinski definition) is 2. The average Bonchev–Trinajstić information content (AvgIpc) is 3.02. The summed E-state index contributed by atoms with van der Waals surface area (Å²) < 4.78 is 0. The fourth-order valence-corrected chi connectivity index (χ4v) is 4.81. The van der Waals surface area contributed by atoms with Crippen molar-refractivity contribution in [3.63, 3.8) is 0 Å². The molecule has 0 aliphatic heterocycles. The van der Waals surface area contributed by atoms with E-state index in [4.69, 9.17) is 11.6 Å². The van der Waals surface area contributed by atoms with Crippen molar-refractivity contribution < 1.29 is 10.2 Å². The quantitative estimate of drug-likeness (QED) is 0.385. The molecule has 0 heterocycles. The molecule has 0 radical (unpaired) electrons. The van der Waals surface area contributed by atoms with Gasteiger partial charge in [-0.15, -0.1) is 0 Å². The molecule has 2 N–H and O–H groups in total. The second kappa shape index (κ2) is 6.15. The van der Waals surface area contributed by atoms with E-state index in [9.17, 15) is 10.2 Å². The van der Waals surface area contributed by atoms with Gasteiger partial charge < -0.3 is 10.2 Å². The largest absolute Gasteiger partial charge is 0.508 e. The molecule has 5 rings (SSSR count). The summed E-state index contributed by atoms with van der Waals surface area (Å²) >= 11 is 6.81. The van der Waals surface area contributed by atoms with Gasteiger partial charge in [0.2, 0.25) is 0 Å². The van der Waals surface area contributed by atoms with Crippen LogP contribution >= 0.6 is 11.6 Å². The summed E-state index contributed by atoms with van der Waals surface area (Å²) in [5.41, 5.74) is 5.78. The zero-order valence-corrected chi connectivity index (χ0v) is 15.7. The van der Waals surface area contributed by atoms with Crippen molar-refractivity contribution in [3.05, 3.63) is 118 Å². The van der Waals surface area contributed by atoms with Gasteiger partial charge in [0.15, 0.2) is 0 Å². The first-order chi connectivity index (χ1) is 13.6. The zero-order valence-electron chi connectivity index (χ0n) is 14.9. The first kappa shape index (κ1) is 16.9. The monoisotopic (exact) mass is 384 g/mol. The average molecular weight is 385 g/mol. The van der Waals surface area contributed by atoms with Crippen LogP contribution in [0.4, 0.5) is 0 Å². The summed E-state index contributed by atoms with van der Waals surface area (Å²) in [6.07, 6.45) is 0. The lowest BCUT2D eigenvalue weighted by molar-refractivity contribution is 0.475. The molecule has 0 atom stereocenters. The van der Waals surface area contributed by atoms with Gasteiger partial charge in [0.25, 0.3) is 0 Å². The molecule has 0 saturated carbocycles. The summed E-state index contributed by atoms with van der Waals surface area (Å²) in [6.45, 7) is 0. The Kier molecular flexibility index (Phi) is 3.71. The van der Waals surface area contributed by atoms with Crippen molar-refractivity contribution in [3.8, 4) is 22.6 Å². The van der Waals surface area contributed by atoms with E-state index in [1.165, 1.54) is 0 Å². The molecule has 0 fully saturated rings. The molecule has 3 heteroatoms. The fraction of sp³-hybridized carbons (Fsp3) is 0.0400. The Morgan fingerprint density at radius 3 is 1.71 bits per heavy atom. The first-order valence-corrected chi connectivity index (χ1v) is 9.48. The Balaban J connectivity index is 1.98. The third-order valence-electron chi connectivity index (χ3n) is 5.61. The van der Waals surface area contributed by atoms with E-state index in [0.29, 0.717) is 5.02 Å². The van der Waals surface area contributed by atoms with Gasteiger partial charge in [0.05, 0.1) is 5.41 Å². The van der Waals surface area contributed by atoms with Crippen LogP contribution in [-0.4, -0.2) is 10.2 Å². The van der Waals surface area contributed by atoms with Crippen LogP contribution in [0.15, 0.2) is 91.0 Å². The van der Waals surface area contributed by atoms with E-state index >= 15 is 0 Å². The maximum Gasteiger partial charge on any atom is 0.115 e. The van der Waals surface area contributed by atoms with Gasteiger partial charge in [0, 0.05) is 5.02 Å². The summed E-state index contributed by atoms with van der Waals surface area (Å²) in [4.78, 5) is 0. The summed E-state index contributed by atoms with van der Waals surface area (Å²) in [5, 5.41) is 20.4. The van der Waals surface area contributed by atoms with Crippen LogP contribution < -0.4 is 0 Å². The summed E-state index contributed by atoms with van der Waals surface area (Å²) in [7, 11) is 0. The number of halogens is 1. The maximum absolute atomic E-state index is 9.88. The minimum absolute atomic E-state index is 0.218. The van der Waals surface area contributed by atoms with Gasteiger partial charge in [-0.2, -0.15) is 0 Å². The second-order valence-corrected chi connectivity index (χ2v) is 7.46. The normalized spacial score (nSPS) is 13.8. The molecule has 2 nitrogen and oxygen atoms in total. The highest BCUT2D eigenvalue weighted by Gasteiger charge is 2.47. The van der Waals surface area contributed by atoms with Crippen LogP contribution in [-0.2, 0) is 5.41 Å². The van der Waals surface area contributed by atoms with Gasteiger partial charge in [-0.1, -0.05) is 72.3 Å². The predicted octanol–water partition coefficient (Wildman–Crippen LogP) is 6.11. The van der Waals surface area contributed by atoms with Gasteiger partial charge in [-0.05, 0) is 63.7 Å². The SMILES string of the molecule is Oc1ccc(C2(c3ccc(O)cc3)c3ccccc3-c3cccc(Cl)c32)cc1. The molecular formula is C25H17ClO2. The van der Waals surface area contributed by atoms with Gasteiger partial charge >= 0.3 is 0 Å². The van der Waals surface area contributed by atoms with Gasteiger partial charge in [-0.25, -0.2) is 0 Å². The highest BCUT2D eigenvalue weighted by Crippen LogP contribution is 2.58. The Morgan fingerprint density at radius 2 is 1.11 bits per heavy atom. The number of aromatic hydroxyl groups is 2. The minimum atomic E-state index is -0.633. The Labute approximate surface area is 168 Å². The lowest BCUT2D eigenvalue weighted by atomic mass is 9.67. The number of phenols is 2. The van der Waals surface area contributed by atoms with E-state index in [1.807, 2.05) is 48.5 Å². The molecule has 4 aromatic rings. The molecule has 0 amide bonds. The minimum Gasteiger partial charge on any atom is -0.508 e. The smallest absolute Gasteiger partial charge is 0.115 e. The molecule has 0 saturated heterocycles. The molecule has 0 aromatic heterocycles. The van der Waals surface area contributed by atoms with Crippen molar-refractivity contribution in [1.82, 2.24) is 0 Å². The molecule has 0 bridgehead atoms. The number of benzene rings is 4. The van der Waals surface area contributed by atoms with Crippen LogP contribution in [0.25, 0.3) is 11.1 Å². The van der Waals surface area contributed by atoms with E-state index < -0.39 is 5.41 Å². The third-order valence-corrected chi connectivity index (χ3v) is 5.93. The molecular weight excluding hydrogens is 368 g/mol. The number of phenolic OH excluding ortho intramolecular Hbond substituents is 2. The van der Waals surface area contributed by atoms with Crippen LogP contribution in [0.5, 0.6) is 11.5 Å². The number of rotatable bonds is 2. The van der Waals surface area contributed by atoms with Gasteiger partial charge in [-0.3, -0.25) is 0 Å². The lowest BCUT2D eigenvalue weighted by Gasteiger charge is -2.34. The lowest BCUT2D eigenvalue weighted by Crippen LogP contribution is -2.28. The van der Waals surface area contributed by atoms with Crippen molar-refractivity contribution in [2.75, 3.05) is 0 Å². The van der Waals surface area contributed by atoms with Crippen molar-refractivity contribution in [2.45, 2.75) is 5.41 Å². The van der Waals surface area contributed by atoms with E-state index in [2.05, 4.69) is 18.2 Å². The van der Waals surface area contributed by atoms with Crippen molar-refractivity contribution >= 4 is 11.6 Å². The molecule has 0 spiro atoms. The highest BCUT2D eigenvalue weighted by molar-refractivity contribution is 6.32. The van der Waals surface area contributed by atoms with Crippen molar-refractivity contribution in [2.24, 2.45) is 0 Å². The van der Waals surface area contributed by atoms with Crippen LogP contribution in [0.1, 0.15) is 22.3 Å². The summed E-state index contributed by atoms with van der Waals surface area (Å²) in [6, 6.07) is 28.9. The first-order valence-electron chi connectivity index (χ1n) is 9.10. The fourth-order valence-electron chi connectivity index (χ4n) is 4.50. The molecule has 136 valence electrons. The van der Waals surface area contributed by atoms with E-state index in [1.54, 1.807) is 24.3 Å². The van der Waals surface area contributed by atoms with E-state index in [0.717, 1.165) is 33.4 Å². The Morgan fingerprint density at radius 1 is 0.571 bits per heavy atom. The summed E-state index contributed by atoms with van der Waals surface area (Å²) in [5.74, 6) is 0.436. The standard InChI is InChI=1S/C25H17ClO2/c26-23-7-3-5-21-20-4-1-2-6-22(20)25(24(21)23,16-8-12-18(27)13-9-16)17-10-14-19(28)15-11-17/h1-15,27-28H. The van der Waals surface area contributed by atoms with Crippen LogP contribution in [0, 0.1) is 0 Å². The highest BCUT2D eigenvalue weighted by atomic mass is 35.5. The van der Waals surface area contributed by atoms with Gasteiger partial charge in [0.1, 0.15) is 11.5 Å². The topological polar surface area (TPSA) is 40.5 Å². The predicted molar refractivity (Wildman–Crippen MR) is 112 cm³/mol. The molecule has 28 heavy (non-hydrogen) atoms. The molecule has 1 aliphatic rings. The van der Waals surface area contributed by atoms with Crippen molar-refractivity contribution in [1.29, 1.82) is 0 Å². The van der Waals surface area contributed by atoms with Crippen LogP contribution in [0.3, 0.4) is 0 Å². The second-order valence-electron chi connectivity index (χ2n) is 7.05. The number of fused-ring (bicyclic) bond motifs is 3. The zero-order chi connectivity index (χ0) is 19.3.